The Bertz CT molecular complexity index is 1240. The van der Waals surface area contributed by atoms with Gasteiger partial charge in [-0.2, -0.15) is 0 Å². The van der Waals surface area contributed by atoms with E-state index >= 15 is 0 Å². The first-order chi connectivity index (χ1) is 20.9. The van der Waals surface area contributed by atoms with Gasteiger partial charge in [0.25, 0.3) is 0 Å². The van der Waals surface area contributed by atoms with E-state index < -0.39 is 47.9 Å². The van der Waals surface area contributed by atoms with Crippen molar-refractivity contribution >= 4 is 11.9 Å². The fourth-order valence-corrected chi connectivity index (χ4v) is 13.0. The number of allylic oxidation sites excluding steroid dienone is 2. The van der Waals surface area contributed by atoms with Crippen LogP contribution in [0.4, 0.5) is 0 Å². The molecule has 0 amide bonds. The zero-order valence-corrected chi connectivity index (χ0v) is 28.5. The quantitative estimate of drug-likeness (QED) is 0.250. The van der Waals surface area contributed by atoms with Crippen molar-refractivity contribution in [3.8, 4) is 0 Å². The number of aliphatic hydroxyl groups is 3. The summed E-state index contributed by atoms with van der Waals surface area (Å²) >= 11 is 0. The number of ether oxygens (including phenoxy) is 1. The normalized spacial score (nSPS) is 54.0. The first-order valence-electron chi connectivity index (χ1n) is 17.7. The van der Waals surface area contributed by atoms with Gasteiger partial charge in [0.15, 0.2) is 6.10 Å². The lowest BCUT2D eigenvalue weighted by molar-refractivity contribution is -0.238. The molecule has 5 aliphatic carbocycles. The maximum Gasteiger partial charge on any atom is 0.335 e. The van der Waals surface area contributed by atoms with Crippen molar-refractivity contribution in [2.45, 2.75) is 143 Å². The lowest BCUT2D eigenvalue weighted by atomic mass is 9.33. The predicted molar refractivity (Wildman–Crippen MR) is 169 cm³/mol. The lowest BCUT2D eigenvalue weighted by Gasteiger charge is -2.71. The smallest absolute Gasteiger partial charge is 0.335 e. The fourth-order valence-electron chi connectivity index (χ4n) is 13.0. The van der Waals surface area contributed by atoms with E-state index in [0.717, 1.165) is 57.8 Å². The molecule has 8 heteroatoms. The number of carbonyl (C=O) groups is 2. The molecule has 0 spiro atoms. The van der Waals surface area contributed by atoms with Gasteiger partial charge < -0.3 is 30.3 Å². The first-order valence-corrected chi connectivity index (χ1v) is 17.7. The van der Waals surface area contributed by atoms with Crippen LogP contribution in [0.15, 0.2) is 11.6 Å². The molecule has 5 N–H and O–H groups in total. The molecule has 5 fully saturated rings. The molecular weight excluding hydrogens is 572 g/mol. The standard InChI is InChI=1S/C37H58O8/c1-19-10-15-37(32(43)44)17-16-35(6)22(26(37)20(19)2)8-9-25-34(5)13-11-21(33(3,4)24(34)12-14-36(25,35)7)18-23-27(38)28(39)29(40)30(45-23)31(41)42/h8,19-21,23-30,38-40H,9-18H2,1-7H3,(H,41,42)(H,43,44)/t19-,20+,21+,23+,24?,25?,26?,27?,28?,29+,30?,34+,35-,36-,37+/m1/s1. The second-order valence-corrected chi connectivity index (χ2v) is 17.8. The minimum atomic E-state index is -1.67. The van der Waals surface area contributed by atoms with E-state index in [1.165, 1.54) is 5.57 Å². The molecule has 6 rings (SSSR count). The molecule has 15 atom stereocenters. The van der Waals surface area contributed by atoms with Gasteiger partial charge in [0.05, 0.1) is 11.5 Å². The molecule has 8 nitrogen and oxygen atoms in total. The molecule has 254 valence electrons. The predicted octanol–water partition coefficient (Wildman–Crippen LogP) is 5.67. The van der Waals surface area contributed by atoms with Crippen LogP contribution in [0.3, 0.4) is 0 Å². The summed E-state index contributed by atoms with van der Waals surface area (Å²) < 4.78 is 5.75. The Morgan fingerprint density at radius 2 is 1.53 bits per heavy atom. The van der Waals surface area contributed by atoms with Crippen molar-refractivity contribution in [1.82, 2.24) is 0 Å². The van der Waals surface area contributed by atoms with Crippen LogP contribution < -0.4 is 0 Å². The monoisotopic (exact) mass is 630 g/mol. The van der Waals surface area contributed by atoms with Crippen molar-refractivity contribution in [3.63, 3.8) is 0 Å². The van der Waals surface area contributed by atoms with Crippen LogP contribution in [0.1, 0.15) is 113 Å². The van der Waals surface area contributed by atoms with Crippen LogP contribution in [-0.4, -0.2) is 68.0 Å². The Morgan fingerprint density at radius 1 is 0.844 bits per heavy atom. The zero-order chi connectivity index (χ0) is 33.1. The molecule has 1 saturated heterocycles. The molecule has 0 aromatic rings. The van der Waals surface area contributed by atoms with E-state index in [2.05, 4.69) is 54.5 Å². The highest BCUT2D eigenvalue weighted by atomic mass is 16.6. The van der Waals surface area contributed by atoms with E-state index in [9.17, 15) is 35.1 Å². The van der Waals surface area contributed by atoms with Gasteiger partial charge in [0.1, 0.15) is 18.3 Å². The van der Waals surface area contributed by atoms with Gasteiger partial charge in [0, 0.05) is 0 Å². The van der Waals surface area contributed by atoms with Gasteiger partial charge in [0.2, 0.25) is 0 Å². The highest BCUT2D eigenvalue weighted by Gasteiger charge is 2.69. The number of carboxylic acid groups (broad SMARTS) is 2. The van der Waals surface area contributed by atoms with Crippen LogP contribution in [0.5, 0.6) is 0 Å². The van der Waals surface area contributed by atoms with E-state index in [1.807, 2.05) is 0 Å². The molecule has 0 radical (unpaired) electrons. The largest absolute Gasteiger partial charge is 0.481 e. The number of aliphatic carboxylic acids is 2. The van der Waals surface area contributed by atoms with Gasteiger partial charge in [-0.25, -0.2) is 4.79 Å². The van der Waals surface area contributed by atoms with E-state index in [1.54, 1.807) is 0 Å². The SMILES string of the molecule is C[C@@H]1CC[C@]2(C(=O)O)CC[C@]3(C)C(=CCC4[C@@]5(C)CC[C@@H](C[C@@H]6OC(C(=O)O)[C@@H](O)C(O)C6O)C(C)(C)C5CC[C@]43C)C2[C@H]1C. The number of rotatable bonds is 4. The second-order valence-electron chi connectivity index (χ2n) is 17.8. The maximum atomic E-state index is 13.0. The number of hydrogen-bond acceptors (Lipinski definition) is 6. The summed E-state index contributed by atoms with van der Waals surface area (Å²) in [6, 6.07) is 0. The summed E-state index contributed by atoms with van der Waals surface area (Å²) in [5, 5.41) is 51.8. The Morgan fingerprint density at radius 3 is 2.18 bits per heavy atom. The maximum absolute atomic E-state index is 13.0. The van der Waals surface area contributed by atoms with Crippen LogP contribution >= 0.6 is 0 Å². The third-order valence-corrected chi connectivity index (χ3v) is 16.1. The van der Waals surface area contributed by atoms with Gasteiger partial charge >= 0.3 is 11.9 Å². The molecule has 1 aliphatic heterocycles. The van der Waals surface area contributed by atoms with Crippen molar-refractivity contribution in [2.75, 3.05) is 0 Å². The minimum Gasteiger partial charge on any atom is -0.481 e. The van der Waals surface area contributed by atoms with Gasteiger partial charge in [-0.05, 0) is 121 Å². The summed E-state index contributed by atoms with van der Waals surface area (Å²) in [4.78, 5) is 24.7. The molecule has 0 aromatic carbocycles. The Kier molecular flexibility index (Phi) is 7.99. The average molecular weight is 631 g/mol. The van der Waals surface area contributed by atoms with Crippen LogP contribution in [0, 0.1) is 62.6 Å². The van der Waals surface area contributed by atoms with Gasteiger partial charge in [-0.3, -0.25) is 4.79 Å². The number of carboxylic acids is 2. The Labute approximate surface area is 269 Å². The second kappa shape index (κ2) is 10.8. The average Bonchev–Trinajstić information content (AvgIpc) is 2.96. The molecule has 0 aromatic heterocycles. The lowest BCUT2D eigenvalue weighted by Crippen LogP contribution is -2.65. The third-order valence-electron chi connectivity index (χ3n) is 16.1. The van der Waals surface area contributed by atoms with Crippen molar-refractivity contribution in [3.05, 3.63) is 11.6 Å². The molecule has 1 heterocycles. The van der Waals surface area contributed by atoms with Crippen molar-refractivity contribution in [1.29, 1.82) is 0 Å². The molecule has 6 unspecified atom stereocenters. The van der Waals surface area contributed by atoms with Crippen LogP contribution in [0.25, 0.3) is 0 Å². The van der Waals surface area contributed by atoms with Gasteiger partial charge in [-0.1, -0.05) is 60.1 Å². The summed E-state index contributed by atoms with van der Waals surface area (Å²) in [6.07, 6.45) is 4.51. The first kappa shape index (κ1) is 33.4. The van der Waals surface area contributed by atoms with Crippen molar-refractivity contribution < 1.29 is 39.9 Å². The highest BCUT2D eigenvalue weighted by molar-refractivity contribution is 5.76. The summed E-state index contributed by atoms with van der Waals surface area (Å²) in [6.45, 7) is 16.8. The minimum absolute atomic E-state index is 0.0390. The molecule has 6 aliphatic rings. The third kappa shape index (κ3) is 4.43. The van der Waals surface area contributed by atoms with Crippen LogP contribution in [-0.2, 0) is 14.3 Å². The summed E-state index contributed by atoms with van der Waals surface area (Å²) in [7, 11) is 0. The Balaban J connectivity index is 1.30. The fraction of sp³-hybridized carbons (Fsp3) is 0.892. The molecular formula is C37H58O8. The topological polar surface area (TPSA) is 145 Å². The summed E-state index contributed by atoms with van der Waals surface area (Å²) in [5.41, 5.74) is 0.797. The number of aliphatic hydroxyl groups excluding tert-OH is 3. The van der Waals surface area contributed by atoms with Gasteiger partial charge in [-0.15, -0.1) is 0 Å². The van der Waals surface area contributed by atoms with Crippen LogP contribution in [0.2, 0.25) is 0 Å². The van der Waals surface area contributed by atoms with E-state index in [0.29, 0.717) is 30.1 Å². The number of hydrogen-bond donors (Lipinski definition) is 5. The van der Waals surface area contributed by atoms with E-state index in [-0.39, 0.29) is 33.5 Å². The van der Waals surface area contributed by atoms with E-state index in [4.69, 9.17) is 4.74 Å². The molecule has 4 saturated carbocycles. The summed E-state index contributed by atoms with van der Waals surface area (Å²) in [5.74, 6) is 0.0800. The molecule has 0 bridgehead atoms. The highest BCUT2D eigenvalue weighted by Crippen LogP contribution is 2.76. The molecule has 45 heavy (non-hydrogen) atoms. The Hall–Kier alpha value is -1.48. The van der Waals surface area contributed by atoms with Crippen molar-refractivity contribution in [2.24, 2.45) is 62.6 Å². The zero-order valence-electron chi connectivity index (χ0n) is 28.5. The number of fused-ring (bicyclic) bond motifs is 7.